The zero-order valence-corrected chi connectivity index (χ0v) is 25.3. The van der Waals surface area contributed by atoms with Crippen LogP contribution in [0.25, 0.3) is 27.6 Å². The largest absolute Gasteiger partial charge is 0.377 e. The van der Waals surface area contributed by atoms with E-state index >= 15 is 0 Å². The van der Waals surface area contributed by atoms with Crippen LogP contribution in [0.3, 0.4) is 0 Å². The molecule has 2 aliphatic rings. The number of carbonyl (C=O) groups excluding carboxylic acids is 1. The van der Waals surface area contributed by atoms with E-state index in [1.165, 1.54) is 34.8 Å². The topological polar surface area (TPSA) is 109 Å². The normalized spacial score (nSPS) is 16.3. The summed E-state index contributed by atoms with van der Waals surface area (Å²) in [6, 6.07) is 17.2. The molecule has 3 N–H and O–H groups in total. The molecule has 8 nitrogen and oxygen atoms in total. The number of carbonyl (C=O) groups is 1. The Morgan fingerprint density at radius 3 is 2.45 bits per heavy atom. The lowest BCUT2D eigenvalue weighted by Gasteiger charge is -2.38. The third-order valence-electron chi connectivity index (χ3n) is 8.56. The number of hydrogen-bond acceptors (Lipinski definition) is 5. The van der Waals surface area contributed by atoms with Gasteiger partial charge in [-0.05, 0) is 65.4 Å². The van der Waals surface area contributed by atoms with E-state index in [0.29, 0.717) is 44.8 Å². The highest BCUT2D eigenvalue weighted by atomic mass is 32.2. The molecule has 3 heterocycles. The Kier molecular flexibility index (Phi) is 8.14. The van der Waals surface area contributed by atoms with E-state index in [2.05, 4.69) is 11.1 Å². The number of hydrogen-bond donors (Lipinski definition) is 2. The molecule has 44 heavy (non-hydrogen) atoms. The van der Waals surface area contributed by atoms with Gasteiger partial charge in [0.1, 0.15) is 0 Å². The summed E-state index contributed by atoms with van der Waals surface area (Å²) in [5, 5.41) is 0.974. The number of sulfonamides is 1. The number of amides is 1. The number of aromatic nitrogens is 1. The van der Waals surface area contributed by atoms with Crippen LogP contribution in [0.4, 0.5) is 14.5 Å². The molecule has 230 valence electrons. The van der Waals surface area contributed by atoms with Crippen molar-refractivity contribution in [1.82, 2.24) is 9.29 Å². The maximum absolute atomic E-state index is 13.8. The van der Waals surface area contributed by atoms with Crippen molar-refractivity contribution in [3.05, 3.63) is 94.7 Å². The zero-order chi connectivity index (χ0) is 31.2. The summed E-state index contributed by atoms with van der Waals surface area (Å²) in [7, 11) is -3.26. The molecule has 6 rings (SSSR count). The van der Waals surface area contributed by atoms with Crippen LogP contribution in [-0.4, -0.2) is 62.2 Å². The van der Waals surface area contributed by atoms with E-state index in [0.717, 1.165) is 50.1 Å². The Balaban J connectivity index is 1.41. The summed E-state index contributed by atoms with van der Waals surface area (Å²) in [6.07, 6.45) is 1.14. The predicted molar refractivity (Wildman–Crippen MR) is 168 cm³/mol. The smallest absolute Gasteiger partial charge is 0.263 e. The summed E-state index contributed by atoms with van der Waals surface area (Å²) in [5.41, 5.74) is 13.6. The highest BCUT2D eigenvalue weighted by Gasteiger charge is 2.33. The van der Waals surface area contributed by atoms with Crippen molar-refractivity contribution in [1.29, 1.82) is 0 Å². The number of halogens is 2. The first-order valence-corrected chi connectivity index (χ1v) is 16.3. The van der Waals surface area contributed by atoms with E-state index in [1.54, 1.807) is 4.90 Å². The Morgan fingerprint density at radius 2 is 1.86 bits per heavy atom. The van der Waals surface area contributed by atoms with Crippen molar-refractivity contribution in [3.8, 4) is 11.1 Å². The third-order valence-corrected chi connectivity index (χ3v) is 9.83. The van der Waals surface area contributed by atoms with E-state index in [4.69, 9.17) is 10.5 Å². The number of aromatic amines is 1. The van der Waals surface area contributed by atoms with E-state index in [9.17, 15) is 22.0 Å². The molecule has 4 aromatic rings. The average Bonchev–Trinajstić information content (AvgIpc) is 3.44. The number of alkyl halides is 2. The first-order valence-electron chi connectivity index (χ1n) is 14.5. The van der Waals surface area contributed by atoms with Crippen LogP contribution >= 0.6 is 0 Å². The Labute approximate surface area is 255 Å². The molecule has 0 atom stereocenters. The molecular weight excluding hydrogens is 586 g/mol. The molecule has 2 aliphatic heterocycles. The number of nitrogens with one attached hydrogen (secondary N) is 1. The lowest BCUT2D eigenvalue weighted by molar-refractivity contribution is 0.00830. The van der Waals surface area contributed by atoms with Gasteiger partial charge in [-0.2, -0.15) is 4.31 Å². The Morgan fingerprint density at radius 1 is 1.11 bits per heavy atom. The molecule has 11 heteroatoms. The van der Waals surface area contributed by atoms with E-state index < -0.39 is 16.4 Å². The number of nitrogens with two attached hydrogens (primary N) is 1. The minimum Gasteiger partial charge on any atom is -0.377 e. The molecule has 0 radical (unpaired) electrons. The second-order valence-corrected chi connectivity index (χ2v) is 13.3. The number of benzene rings is 3. The van der Waals surface area contributed by atoms with Crippen molar-refractivity contribution >= 4 is 38.1 Å². The van der Waals surface area contributed by atoms with Gasteiger partial charge in [0.15, 0.2) is 0 Å². The van der Waals surface area contributed by atoms with Crippen LogP contribution in [0.1, 0.15) is 45.6 Å². The monoisotopic (exact) mass is 620 g/mol. The third kappa shape index (κ3) is 5.56. The SMILES string of the molecule is Cc1c(-c2ccc(CN)c3[nH]c(C4=CCN(S(C)(=O)=O)CC4)cc23)cccc1N(C(=O)c1ccc(C(F)F)cc1)C1COC1. The van der Waals surface area contributed by atoms with Gasteiger partial charge in [-0.25, -0.2) is 17.2 Å². The highest BCUT2D eigenvalue weighted by molar-refractivity contribution is 7.88. The van der Waals surface area contributed by atoms with Gasteiger partial charge in [0.05, 0.1) is 31.0 Å². The molecule has 1 fully saturated rings. The molecule has 1 amide bonds. The number of anilines is 1. The van der Waals surface area contributed by atoms with Crippen molar-refractivity contribution in [2.45, 2.75) is 32.4 Å². The van der Waals surface area contributed by atoms with Crippen molar-refractivity contribution < 1.29 is 26.7 Å². The van der Waals surface area contributed by atoms with Crippen molar-refractivity contribution in [3.63, 3.8) is 0 Å². The van der Waals surface area contributed by atoms with Crippen LogP contribution in [0.5, 0.6) is 0 Å². The number of H-pyrrole nitrogens is 1. The van der Waals surface area contributed by atoms with Gasteiger partial charge in [-0.15, -0.1) is 0 Å². The molecule has 1 aromatic heterocycles. The minimum atomic E-state index is -3.26. The molecule has 0 bridgehead atoms. The number of ether oxygens (including phenoxy) is 1. The summed E-state index contributed by atoms with van der Waals surface area (Å²) in [4.78, 5) is 19.1. The van der Waals surface area contributed by atoms with Gasteiger partial charge < -0.3 is 20.4 Å². The predicted octanol–water partition coefficient (Wildman–Crippen LogP) is 5.63. The first kappa shape index (κ1) is 30.1. The van der Waals surface area contributed by atoms with Gasteiger partial charge >= 0.3 is 0 Å². The Hall–Kier alpha value is -3.90. The maximum Gasteiger partial charge on any atom is 0.263 e. The van der Waals surface area contributed by atoms with Gasteiger partial charge in [-0.3, -0.25) is 4.79 Å². The summed E-state index contributed by atoms with van der Waals surface area (Å²) >= 11 is 0. The molecule has 0 saturated carbocycles. The second-order valence-electron chi connectivity index (χ2n) is 11.3. The number of rotatable bonds is 8. The van der Waals surface area contributed by atoms with Crippen molar-refractivity contribution in [2.24, 2.45) is 5.73 Å². The molecule has 0 unspecified atom stereocenters. The second kappa shape index (κ2) is 11.9. The Bertz CT molecular complexity index is 1860. The minimum absolute atomic E-state index is 0.134. The summed E-state index contributed by atoms with van der Waals surface area (Å²) < 4.78 is 57.2. The lowest BCUT2D eigenvalue weighted by atomic mass is 9.93. The van der Waals surface area contributed by atoms with Crippen LogP contribution in [0, 0.1) is 6.92 Å². The van der Waals surface area contributed by atoms with Gasteiger partial charge in [-0.1, -0.05) is 42.5 Å². The summed E-state index contributed by atoms with van der Waals surface area (Å²) in [5.74, 6) is -0.278. The molecule has 1 saturated heterocycles. The van der Waals surface area contributed by atoms with Gasteiger partial charge in [0.25, 0.3) is 12.3 Å². The van der Waals surface area contributed by atoms with Gasteiger partial charge in [0.2, 0.25) is 10.0 Å². The van der Waals surface area contributed by atoms with Crippen LogP contribution < -0.4 is 10.6 Å². The molecule has 3 aromatic carbocycles. The fourth-order valence-electron chi connectivity index (χ4n) is 5.98. The fraction of sp³-hybridized carbons (Fsp3) is 0.303. The van der Waals surface area contributed by atoms with Gasteiger partial charge in [0, 0.05) is 47.5 Å². The molecular formula is C33H34F2N4O4S. The summed E-state index contributed by atoms with van der Waals surface area (Å²) in [6.45, 7) is 3.81. The van der Waals surface area contributed by atoms with Crippen molar-refractivity contribution in [2.75, 3.05) is 37.5 Å². The average molecular weight is 621 g/mol. The maximum atomic E-state index is 13.8. The molecule has 0 spiro atoms. The highest BCUT2D eigenvalue weighted by Crippen LogP contribution is 2.39. The lowest BCUT2D eigenvalue weighted by Crippen LogP contribution is -2.52. The van der Waals surface area contributed by atoms with Crippen LogP contribution in [0.15, 0.2) is 66.7 Å². The number of nitrogens with zero attached hydrogens (tertiary/aromatic N) is 2. The fourth-order valence-corrected chi connectivity index (χ4v) is 6.75. The van der Waals surface area contributed by atoms with Crippen LogP contribution in [-0.2, 0) is 21.3 Å². The standard InChI is InChI=1S/C33H34F2N4O4S/c1-20-26(4-3-5-30(20)39(25-18-43-19-25)33(40)23-8-6-22(7-9-23)32(34)35)27-11-10-24(17-36)31-28(27)16-29(37-31)21-12-14-38(15-13-21)44(2,41)42/h3-12,16,25,32,37H,13-15,17-19,36H2,1-2H3. The van der Waals surface area contributed by atoms with E-state index in [-0.39, 0.29) is 17.5 Å². The first-order chi connectivity index (χ1) is 21.1. The van der Waals surface area contributed by atoms with Crippen LogP contribution in [0.2, 0.25) is 0 Å². The number of fused-ring (bicyclic) bond motifs is 1. The molecule has 0 aliphatic carbocycles. The zero-order valence-electron chi connectivity index (χ0n) is 24.5. The quantitative estimate of drug-likeness (QED) is 0.265. The van der Waals surface area contributed by atoms with E-state index in [1.807, 2.05) is 43.3 Å².